The minimum absolute atomic E-state index is 0.000551. The fraction of sp³-hybridized carbons (Fsp3) is 0.0909. The fourth-order valence-corrected chi connectivity index (χ4v) is 3.55. The first kappa shape index (κ1) is 18.9. The monoisotopic (exact) mass is 402 g/mol. The van der Waals surface area contributed by atoms with E-state index in [-0.39, 0.29) is 11.5 Å². The Balaban J connectivity index is 1.41. The summed E-state index contributed by atoms with van der Waals surface area (Å²) in [5.74, 6) is 1.68. The van der Waals surface area contributed by atoms with Gasteiger partial charge in [-0.3, -0.25) is 4.79 Å². The van der Waals surface area contributed by atoms with E-state index in [1.54, 1.807) is 28.9 Å². The number of aryl methyl sites for hydroxylation is 1. The van der Waals surface area contributed by atoms with Crippen LogP contribution in [0, 0.1) is 6.92 Å². The number of benzene rings is 3. The highest BCUT2D eigenvalue weighted by Crippen LogP contribution is 2.24. The van der Waals surface area contributed by atoms with Crippen LogP contribution in [0.4, 0.5) is 0 Å². The molecule has 7 heteroatoms. The van der Waals surface area contributed by atoms with Gasteiger partial charge in [0.15, 0.2) is 5.78 Å². The first-order chi connectivity index (χ1) is 14.2. The smallest absolute Gasteiger partial charge is 0.214 e. The van der Waals surface area contributed by atoms with Gasteiger partial charge in [-0.2, -0.15) is 4.68 Å². The van der Waals surface area contributed by atoms with Gasteiger partial charge in [-0.1, -0.05) is 48.2 Å². The summed E-state index contributed by atoms with van der Waals surface area (Å²) in [6.07, 6.45) is 0. The van der Waals surface area contributed by atoms with Crippen LogP contribution in [0.3, 0.4) is 0 Å². The molecule has 0 spiro atoms. The number of ketones is 1. The number of Topliss-reactive ketones (excluding diaryl/α,β-unsaturated/α-hetero) is 1. The van der Waals surface area contributed by atoms with Crippen LogP contribution in [0.1, 0.15) is 15.9 Å². The number of para-hydroxylation sites is 2. The Hall–Kier alpha value is -3.45. The van der Waals surface area contributed by atoms with Gasteiger partial charge < -0.3 is 4.74 Å². The highest BCUT2D eigenvalue weighted by atomic mass is 32.2. The summed E-state index contributed by atoms with van der Waals surface area (Å²) in [7, 11) is 0. The van der Waals surface area contributed by atoms with Crippen molar-refractivity contribution in [2.45, 2.75) is 12.1 Å². The van der Waals surface area contributed by atoms with Crippen molar-refractivity contribution in [3.63, 3.8) is 0 Å². The second kappa shape index (κ2) is 8.70. The van der Waals surface area contributed by atoms with Gasteiger partial charge in [-0.05, 0) is 65.4 Å². The van der Waals surface area contributed by atoms with Crippen LogP contribution < -0.4 is 4.74 Å². The van der Waals surface area contributed by atoms with Gasteiger partial charge in [0.25, 0.3) is 0 Å². The standard InChI is InChI=1S/C22H18N4O2S/c1-16-7-5-6-10-20(16)26-22(23-24-25-26)29-15-21(27)17-11-13-19(14-12-17)28-18-8-3-2-4-9-18/h2-14H,15H2,1H3. The van der Waals surface area contributed by atoms with E-state index >= 15 is 0 Å². The Morgan fingerprint density at radius 1 is 0.931 bits per heavy atom. The molecule has 0 fully saturated rings. The average molecular weight is 402 g/mol. The normalized spacial score (nSPS) is 10.7. The topological polar surface area (TPSA) is 69.9 Å². The number of ether oxygens (including phenoxy) is 1. The summed E-state index contributed by atoms with van der Waals surface area (Å²) < 4.78 is 7.42. The second-order valence-electron chi connectivity index (χ2n) is 6.31. The van der Waals surface area contributed by atoms with E-state index in [0.717, 1.165) is 17.0 Å². The van der Waals surface area contributed by atoms with Crippen molar-refractivity contribution in [3.8, 4) is 17.2 Å². The maximum Gasteiger partial charge on any atom is 0.214 e. The number of rotatable bonds is 7. The van der Waals surface area contributed by atoms with Crippen LogP contribution in [0.25, 0.3) is 5.69 Å². The molecule has 3 aromatic carbocycles. The summed E-state index contributed by atoms with van der Waals surface area (Å²) in [5.41, 5.74) is 2.57. The third kappa shape index (κ3) is 4.52. The number of hydrogen-bond acceptors (Lipinski definition) is 6. The molecule has 0 N–H and O–H groups in total. The molecule has 0 aliphatic heterocycles. The molecule has 4 rings (SSSR count). The number of aromatic nitrogens is 4. The van der Waals surface area contributed by atoms with E-state index in [0.29, 0.717) is 16.5 Å². The molecule has 29 heavy (non-hydrogen) atoms. The van der Waals surface area contributed by atoms with Crippen molar-refractivity contribution in [3.05, 3.63) is 90.0 Å². The van der Waals surface area contributed by atoms with Gasteiger partial charge in [0, 0.05) is 5.56 Å². The number of carbonyl (C=O) groups excluding carboxylic acids is 1. The minimum atomic E-state index is 0.000551. The third-order valence-corrected chi connectivity index (χ3v) is 5.19. The van der Waals surface area contributed by atoms with Gasteiger partial charge in [-0.15, -0.1) is 5.10 Å². The van der Waals surface area contributed by atoms with Crippen molar-refractivity contribution < 1.29 is 9.53 Å². The van der Waals surface area contributed by atoms with Gasteiger partial charge >= 0.3 is 0 Å². The van der Waals surface area contributed by atoms with E-state index in [1.807, 2.05) is 61.5 Å². The van der Waals surface area contributed by atoms with Gasteiger partial charge in [0.2, 0.25) is 5.16 Å². The molecule has 1 heterocycles. The number of nitrogens with zero attached hydrogens (tertiary/aromatic N) is 4. The van der Waals surface area contributed by atoms with E-state index in [2.05, 4.69) is 15.5 Å². The maximum atomic E-state index is 12.6. The molecule has 0 saturated carbocycles. The van der Waals surface area contributed by atoms with Crippen LogP contribution >= 0.6 is 11.8 Å². The Bertz CT molecular complexity index is 1110. The number of thioether (sulfide) groups is 1. The van der Waals surface area contributed by atoms with Crippen LogP contribution in [-0.2, 0) is 0 Å². The molecule has 0 bridgehead atoms. The van der Waals surface area contributed by atoms with Crippen molar-refractivity contribution >= 4 is 17.5 Å². The Morgan fingerprint density at radius 2 is 1.62 bits per heavy atom. The summed E-state index contributed by atoms with van der Waals surface area (Å²) in [6.45, 7) is 2.00. The van der Waals surface area contributed by atoms with Crippen LogP contribution in [0.5, 0.6) is 11.5 Å². The van der Waals surface area contributed by atoms with E-state index in [1.165, 1.54) is 11.8 Å². The zero-order valence-corrected chi connectivity index (χ0v) is 16.5. The number of hydrogen-bond donors (Lipinski definition) is 0. The Labute approximate surface area is 172 Å². The zero-order chi connectivity index (χ0) is 20.1. The molecule has 0 radical (unpaired) electrons. The Morgan fingerprint density at radius 3 is 2.38 bits per heavy atom. The predicted octanol–water partition coefficient (Wildman–Crippen LogP) is 4.74. The van der Waals surface area contributed by atoms with E-state index in [4.69, 9.17) is 4.74 Å². The molecule has 144 valence electrons. The molecule has 1 aromatic heterocycles. The molecule has 6 nitrogen and oxygen atoms in total. The molecular weight excluding hydrogens is 384 g/mol. The van der Waals surface area contributed by atoms with E-state index in [9.17, 15) is 4.79 Å². The maximum absolute atomic E-state index is 12.6. The van der Waals surface area contributed by atoms with Gasteiger partial charge in [-0.25, -0.2) is 0 Å². The summed E-state index contributed by atoms with van der Waals surface area (Å²) in [6, 6.07) is 24.5. The Kier molecular flexibility index (Phi) is 5.67. The highest BCUT2D eigenvalue weighted by Gasteiger charge is 2.14. The van der Waals surface area contributed by atoms with Crippen molar-refractivity contribution in [1.29, 1.82) is 0 Å². The molecule has 0 saturated heterocycles. The minimum Gasteiger partial charge on any atom is -0.457 e. The molecule has 0 unspecified atom stereocenters. The largest absolute Gasteiger partial charge is 0.457 e. The third-order valence-electron chi connectivity index (χ3n) is 4.27. The lowest BCUT2D eigenvalue weighted by molar-refractivity contribution is 0.102. The molecule has 0 aliphatic carbocycles. The lowest BCUT2D eigenvalue weighted by Gasteiger charge is -2.07. The summed E-state index contributed by atoms with van der Waals surface area (Å²) in [5, 5.41) is 12.4. The second-order valence-corrected chi connectivity index (χ2v) is 7.25. The van der Waals surface area contributed by atoms with E-state index < -0.39 is 0 Å². The van der Waals surface area contributed by atoms with Crippen LogP contribution in [0.2, 0.25) is 0 Å². The predicted molar refractivity (Wildman–Crippen MR) is 112 cm³/mol. The quantitative estimate of drug-likeness (QED) is 0.329. The SMILES string of the molecule is Cc1ccccc1-n1nnnc1SCC(=O)c1ccc(Oc2ccccc2)cc1. The molecule has 4 aromatic rings. The number of tetrazole rings is 1. The number of carbonyl (C=O) groups is 1. The molecule has 0 amide bonds. The van der Waals surface area contributed by atoms with Crippen molar-refractivity contribution in [2.75, 3.05) is 5.75 Å². The van der Waals surface area contributed by atoms with Gasteiger partial charge in [0.1, 0.15) is 11.5 Å². The summed E-state index contributed by atoms with van der Waals surface area (Å²) in [4.78, 5) is 12.6. The lowest BCUT2D eigenvalue weighted by Crippen LogP contribution is -2.05. The van der Waals surface area contributed by atoms with Crippen molar-refractivity contribution in [1.82, 2.24) is 20.2 Å². The van der Waals surface area contributed by atoms with Crippen LogP contribution in [-0.4, -0.2) is 31.7 Å². The zero-order valence-electron chi connectivity index (χ0n) is 15.7. The van der Waals surface area contributed by atoms with Crippen LogP contribution in [0.15, 0.2) is 84.0 Å². The highest BCUT2D eigenvalue weighted by molar-refractivity contribution is 7.99. The van der Waals surface area contributed by atoms with Gasteiger partial charge in [0.05, 0.1) is 11.4 Å². The fourth-order valence-electron chi connectivity index (χ4n) is 2.77. The molecular formula is C22H18N4O2S. The first-order valence-electron chi connectivity index (χ1n) is 9.04. The first-order valence-corrected chi connectivity index (χ1v) is 10.0. The average Bonchev–Trinajstić information content (AvgIpc) is 3.22. The summed E-state index contributed by atoms with van der Waals surface area (Å²) >= 11 is 1.31. The molecule has 0 aliphatic rings. The lowest BCUT2D eigenvalue weighted by atomic mass is 10.1. The van der Waals surface area contributed by atoms with Crippen molar-refractivity contribution in [2.24, 2.45) is 0 Å². The molecule has 0 atom stereocenters.